The number of rotatable bonds is 2. The second-order valence-electron chi connectivity index (χ2n) is 4.66. The molecule has 18 heavy (non-hydrogen) atoms. The lowest BCUT2D eigenvalue weighted by Crippen LogP contribution is -2.37. The lowest BCUT2D eigenvalue weighted by Gasteiger charge is -2.25. The lowest BCUT2D eigenvalue weighted by atomic mass is 9.87. The van der Waals surface area contributed by atoms with Crippen molar-refractivity contribution in [3.8, 4) is 6.07 Å². The van der Waals surface area contributed by atoms with Crippen molar-refractivity contribution in [1.82, 2.24) is 5.32 Å². The molecule has 0 bridgehead atoms. The van der Waals surface area contributed by atoms with Gasteiger partial charge in [-0.1, -0.05) is 11.6 Å². The summed E-state index contributed by atoms with van der Waals surface area (Å²) in [5.74, 6) is 0.0979. The van der Waals surface area contributed by atoms with E-state index < -0.39 is 0 Å². The van der Waals surface area contributed by atoms with Crippen LogP contribution in [0.1, 0.15) is 36.0 Å². The predicted molar refractivity (Wildman–Crippen MR) is 70.3 cm³/mol. The lowest BCUT2D eigenvalue weighted by molar-refractivity contribution is 0.0925. The van der Waals surface area contributed by atoms with E-state index in [2.05, 4.69) is 11.4 Å². The van der Waals surface area contributed by atoms with E-state index in [0.717, 1.165) is 25.7 Å². The molecule has 4 heteroatoms. The maximum absolute atomic E-state index is 12.0. The van der Waals surface area contributed by atoms with Crippen LogP contribution in [0.15, 0.2) is 24.3 Å². The standard InChI is InChI=1S/C14H15ClN2O/c15-12-5-3-11(4-6-12)14(18)17-13-7-1-10(9-16)2-8-13/h3-6,10,13H,1-2,7-8H2,(H,17,18). The highest BCUT2D eigenvalue weighted by atomic mass is 35.5. The van der Waals surface area contributed by atoms with Crippen LogP contribution in [-0.4, -0.2) is 11.9 Å². The number of benzene rings is 1. The van der Waals surface area contributed by atoms with Gasteiger partial charge in [-0.2, -0.15) is 5.26 Å². The Labute approximate surface area is 112 Å². The number of nitriles is 1. The fourth-order valence-corrected chi connectivity index (χ4v) is 2.36. The first-order chi connectivity index (χ1) is 8.69. The van der Waals surface area contributed by atoms with Gasteiger partial charge < -0.3 is 5.32 Å². The molecule has 0 atom stereocenters. The fraction of sp³-hybridized carbons (Fsp3) is 0.429. The minimum atomic E-state index is -0.0629. The van der Waals surface area contributed by atoms with Gasteiger partial charge in [0.1, 0.15) is 0 Å². The van der Waals surface area contributed by atoms with Crippen molar-refractivity contribution in [1.29, 1.82) is 5.26 Å². The third-order valence-electron chi connectivity index (χ3n) is 3.35. The van der Waals surface area contributed by atoms with Crippen molar-refractivity contribution in [3.63, 3.8) is 0 Å². The van der Waals surface area contributed by atoms with E-state index in [0.29, 0.717) is 10.6 Å². The van der Waals surface area contributed by atoms with Gasteiger partial charge in [0, 0.05) is 22.5 Å². The monoisotopic (exact) mass is 262 g/mol. The Kier molecular flexibility index (Phi) is 4.22. The van der Waals surface area contributed by atoms with Gasteiger partial charge in [-0.3, -0.25) is 4.79 Å². The Hall–Kier alpha value is -1.53. The van der Waals surface area contributed by atoms with Gasteiger partial charge in [0.2, 0.25) is 0 Å². The van der Waals surface area contributed by atoms with Gasteiger partial charge in [-0.25, -0.2) is 0 Å². The summed E-state index contributed by atoms with van der Waals surface area (Å²) in [6.45, 7) is 0. The first kappa shape index (κ1) is 12.9. The highest BCUT2D eigenvalue weighted by Gasteiger charge is 2.22. The Morgan fingerprint density at radius 1 is 1.22 bits per heavy atom. The van der Waals surface area contributed by atoms with Crippen molar-refractivity contribution < 1.29 is 4.79 Å². The molecule has 2 rings (SSSR count). The van der Waals surface area contributed by atoms with Crippen molar-refractivity contribution in [3.05, 3.63) is 34.9 Å². The van der Waals surface area contributed by atoms with Crippen LogP contribution in [0.3, 0.4) is 0 Å². The average molecular weight is 263 g/mol. The second-order valence-corrected chi connectivity index (χ2v) is 5.09. The minimum Gasteiger partial charge on any atom is -0.349 e. The van der Waals surface area contributed by atoms with E-state index >= 15 is 0 Å². The van der Waals surface area contributed by atoms with Gasteiger partial charge in [-0.15, -0.1) is 0 Å². The Bertz CT molecular complexity index is 456. The normalized spacial score (nSPS) is 23.1. The number of nitrogens with one attached hydrogen (secondary N) is 1. The molecule has 0 aliphatic heterocycles. The molecule has 1 N–H and O–H groups in total. The van der Waals surface area contributed by atoms with Crippen molar-refractivity contribution >= 4 is 17.5 Å². The second kappa shape index (κ2) is 5.88. The molecule has 1 aromatic rings. The molecule has 1 saturated carbocycles. The molecule has 1 amide bonds. The molecular formula is C14H15ClN2O. The number of hydrogen-bond acceptors (Lipinski definition) is 2. The predicted octanol–water partition coefficient (Wildman–Crippen LogP) is 3.15. The molecule has 1 fully saturated rings. The molecule has 3 nitrogen and oxygen atoms in total. The first-order valence-electron chi connectivity index (χ1n) is 6.15. The zero-order valence-electron chi connectivity index (χ0n) is 10.0. The highest BCUT2D eigenvalue weighted by Crippen LogP contribution is 2.23. The minimum absolute atomic E-state index is 0.0629. The quantitative estimate of drug-likeness (QED) is 0.890. The smallest absolute Gasteiger partial charge is 0.251 e. The molecule has 0 aromatic heterocycles. The molecule has 1 aliphatic rings. The molecule has 0 heterocycles. The third kappa shape index (κ3) is 3.24. The van der Waals surface area contributed by atoms with E-state index in [1.165, 1.54) is 0 Å². The molecule has 94 valence electrons. The number of carbonyl (C=O) groups is 1. The van der Waals surface area contributed by atoms with Gasteiger partial charge in [0.25, 0.3) is 5.91 Å². The van der Waals surface area contributed by atoms with Crippen LogP contribution in [0.2, 0.25) is 5.02 Å². The summed E-state index contributed by atoms with van der Waals surface area (Å²) >= 11 is 5.78. The average Bonchev–Trinajstić information content (AvgIpc) is 2.40. The van der Waals surface area contributed by atoms with Crippen LogP contribution < -0.4 is 5.32 Å². The zero-order chi connectivity index (χ0) is 13.0. The number of halogens is 1. The van der Waals surface area contributed by atoms with Gasteiger partial charge >= 0.3 is 0 Å². The SMILES string of the molecule is N#CC1CCC(NC(=O)c2ccc(Cl)cc2)CC1. The highest BCUT2D eigenvalue weighted by molar-refractivity contribution is 6.30. The molecule has 1 aromatic carbocycles. The summed E-state index contributed by atoms with van der Waals surface area (Å²) in [5.41, 5.74) is 0.627. The molecule has 0 spiro atoms. The van der Waals surface area contributed by atoms with Crippen LogP contribution >= 0.6 is 11.6 Å². The number of nitrogens with zero attached hydrogens (tertiary/aromatic N) is 1. The largest absolute Gasteiger partial charge is 0.349 e. The Morgan fingerprint density at radius 3 is 2.39 bits per heavy atom. The molecular weight excluding hydrogens is 248 g/mol. The van der Waals surface area contributed by atoms with E-state index in [1.807, 2.05) is 0 Å². The zero-order valence-corrected chi connectivity index (χ0v) is 10.8. The van der Waals surface area contributed by atoms with E-state index in [9.17, 15) is 4.79 Å². The summed E-state index contributed by atoms with van der Waals surface area (Å²) in [7, 11) is 0. The summed E-state index contributed by atoms with van der Waals surface area (Å²) in [6.07, 6.45) is 3.53. The number of hydrogen-bond donors (Lipinski definition) is 1. The molecule has 0 unspecified atom stereocenters. The summed E-state index contributed by atoms with van der Waals surface area (Å²) in [5, 5.41) is 12.4. The van der Waals surface area contributed by atoms with Crippen LogP contribution in [0, 0.1) is 17.2 Å². The van der Waals surface area contributed by atoms with Crippen LogP contribution in [0.5, 0.6) is 0 Å². The Balaban J connectivity index is 1.89. The molecule has 0 radical (unpaired) electrons. The Morgan fingerprint density at radius 2 is 1.83 bits per heavy atom. The van der Waals surface area contributed by atoms with E-state index in [-0.39, 0.29) is 17.9 Å². The van der Waals surface area contributed by atoms with Crippen LogP contribution in [0.25, 0.3) is 0 Å². The summed E-state index contributed by atoms with van der Waals surface area (Å²) in [6, 6.07) is 9.35. The third-order valence-corrected chi connectivity index (χ3v) is 3.60. The van der Waals surface area contributed by atoms with Gasteiger partial charge in [0.15, 0.2) is 0 Å². The topological polar surface area (TPSA) is 52.9 Å². The van der Waals surface area contributed by atoms with Crippen LogP contribution in [-0.2, 0) is 0 Å². The van der Waals surface area contributed by atoms with E-state index in [4.69, 9.17) is 16.9 Å². The first-order valence-corrected chi connectivity index (χ1v) is 6.53. The maximum atomic E-state index is 12.0. The van der Waals surface area contributed by atoms with Crippen molar-refractivity contribution in [2.24, 2.45) is 5.92 Å². The maximum Gasteiger partial charge on any atom is 0.251 e. The van der Waals surface area contributed by atoms with Gasteiger partial charge in [-0.05, 0) is 49.9 Å². The van der Waals surface area contributed by atoms with Crippen molar-refractivity contribution in [2.75, 3.05) is 0 Å². The molecule has 1 aliphatic carbocycles. The van der Waals surface area contributed by atoms with Gasteiger partial charge in [0.05, 0.1) is 6.07 Å². The number of amides is 1. The number of carbonyl (C=O) groups excluding carboxylic acids is 1. The van der Waals surface area contributed by atoms with Crippen LogP contribution in [0.4, 0.5) is 0 Å². The summed E-state index contributed by atoms with van der Waals surface area (Å²) in [4.78, 5) is 12.0. The molecule has 0 saturated heterocycles. The summed E-state index contributed by atoms with van der Waals surface area (Å²) < 4.78 is 0. The fourth-order valence-electron chi connectivity index (χ4n) is 2.24. The van der Waals surface area contributed by atoms with E-state index in [1.54, 1.807) is 24.3 Å². The van der Waals surface area contributed by atoms with Crippen molar-refractivity contribution in [2.45, 2.75) is 31.7 Å².